The number of esters is 1. The fourth-order valence-electron chi connectivity index (χ4n) is 13.6. The van der Waals surface area contributed by atoms with Crippen LogP contribution in [0.1, 0.15) is 139 Å². The maximum atomic E-state index is 15.5. The number of H-pyrrole nitrogens is 2. The number of hydrogen-bond acceptors (Lipinski definition) is 28. The molecule has 3 aromatic heterocycles. The Balaban J connectivity index is 0.732. The number of aliphatic hydroxyl groups excluding tert-OH is 1. The van der Waals surface area contributed by atoms with Crippen molar-refractivity contribution in [1.29, 1.82) is 0 Å². The molecule has 0 aliphatic carbocycles. The zero-order valence-corrected chi connectivity index (χ0v) is 69.9. The highest BCUT2D eigenvalue weighted by Crippen LogP contribution is 2.45. The molecule has 2 fully saturated rings. The third kappa shape index (κ3) is 28.6. The van der Waals surface area contributed by atoms with Gasteiger partial charge in [-0.1, -0.05) is 13.8 Å². The zero-order valence-electron chi connectivity index (χ0n) is 69.1. The Morgan fingerprint density at radius 2 is 1.23 bits per heavy atom. The number of nitrogens with zero attached hydrogens (tertiary/aromatic N) is 6. The Hall–Kier alpha value is -8.51. The van der Waals surface area contributed by atoms with E-state index in [2.05, 4.69) is 30.8 Å². The highest BCUT2D eigenvalue weighted by molar-refractivity contribution is 8.00. The van der Waals surface area contributed by atoms with Gasteiger partial charge in [-0.05, 0) is 94.0 Å². The van der Waals surface area contributed by atoms with Crippen LogP contribution in [0, 0.1) is 13.8 Å². The largest absolute Gasteiger partial charge is 0.480 e. The molecule has 8 bridgehead atoms. The fourth-order valence-corrected chi connectivity index (χ4v) is 14.7. The second-order valence-corrected chi connectivity index (χ2v) is 29.9. The number of fused-ring (bicyclic) bond motifs is 8. The van der Waals surface area contributed by atoms with E-state index in [1.165, 1.54) is 29.7 Å². The molecule has 0 saturated carbocycles. The van der Waals surface area contributed by atoms with Gasteiger partial charge in [0.1, 0.15) is 24.7 Å². The number of nitrogens with one attached hydrogen (secondary N) is 5. The van der Waals surface area contributed by atoms with Crippen LogP contribution in [-0.2, 0) is 95.2 Å². The highest BCUT2D eigenvalue weighted by Gasteiger charge is 2.43. The van der Waals surface area contributed by atoms with Gasteiger partial charge in [0, 0.05) is 117 Å². The summed E-state index contributed by atoms with van der Waals surface area (Å²) in [6.45, 7) is 21.7. The molecule has 36 nitrogen and oxygen atoms in total. The van der Waals surface area contributed by atoms with Gasteiger partial charge in [-0.3, -0.25) is 62.8 Å². The molecule has 9 N–H and O–H groups in total. The maximum Gasteiger partial charge on any atom is 0.330 e. The Morgan fingerprint density at radius 1 is 0.669 bits per heavy atom. The van der Waals surface area contributed by atoms with E-state index < -0.39 is 70.8 Å². The fraction of sp³-hybridized carbons (Fsp3) is 0.630. The van der Waals surface area contributed by atoms with Crippen molar-refractivity contribution in [3.05, 3.63) is 74.9 Å². The number of likely N-dealkylation sites (N-methyl/N-ethyl adjacent to an activating group) is 1. The minimum Gasteiger partial charge on any atom is -0.480 e. The number of rotatable bonds is 55. The molecule has 37 heteroatoms. The van der Waals surface area contributed by atoms with Crippen LogP contribution in [0.25, 0.3) is 39.3 Å². The first-order valence-corrected chi connectivity index (χ1v) is 41.4. The van der Waals surface area contributed by atoms with Crippen molar-refractivity contribution in [3.8, 4) is 0 Å². The van der Waals surface area contributed by atoms with Crippen molar-refractivity contribution < 1.29 is 115 Å². The molecule has 0 aromatic carbocycles. The number of aromatic amines is 2. The lowest BCUT2D eigenvalue weighted by molar-refractivity contribution is -0.140. The molecule has 2 saturated heterocycles. The topological polar surface area (TPSA) is 454 Å². The van der Waals surface area contributed by atoms with Crippen LogP contribution in [0.15, 0.2) is 24.3 Å². The van der Waals surface area contributed by atoms with E-state index in [0.29, 0.717) is 173 Å². The Kier molecular flexibility index (Phi) is 40.2. The number of carbonyl (C=O) groups is 10. The number of morpholine rings is 1. The lowest BCUT2D eigenvalue weighted by Crippen LogP contribution is -2.52. The van der Waals surface area contributed by atoms with E-state index in [0.717, 1.165) is 33.4 Å². The van der Waals surface area contributed by atoms with E-state index in [4.69, 9.17) is 82.8 Å². The zero-order chi connectivity index (χ0) is 85.0. The molecule has 8 heterocycles. The molecule has 652 valence electrons. The molecule has 0 spiro atoms. The number of aromatic nitrogens is 4. The van der Waals surface area contributed by atoms with Crippen molar-refractivity contribution >= 4 is 110 Å². The van der Waals surface area contributed by atoms with Crippen LogP contribution in [0.3, 0.4) is 0 Å². The number of nitrogens with two attached hydrogens (primary N) is 1. The number of hydrogen-bond donors (Lipinski definition) is 8. The van der Waals surface area contributed by atoms with Crippen LogP contribution in [-0.4, -0.2) is 349 Å². The molecule has 3 aromatic rings. The van der Waals surface area contributed by atoms with Gasteiger partial charge < -0.3 is 104 Å². The number of aryl methyl sites for hydroxylation is 2. The number of ether oxygens (including phenoxy) is 12. The summed E-state index contributed by atoms with van der Waals surface area (Å²) in [5.74, 6) is -6.04. The molecule has 5 aliphatic heterocycles. The summed E-state index contributed by atoms with van der Waals surface area (Å²) in [4.78, 5) is 156. The second-order valence-electron chi connectivity index (χ2n) is 28.7. The van der Waals surface area contributed by atoms with E-state index >= 15 is 4.79 Å². The number of aliphatic carboxylic acids is 1. The maximum absolute atomic E-state index is 15.5. The van der Waals surface area contributed by atoms with Crippen molar-refractivity contribution in [1.82, 2.24) is 55.5 Å². The molecule has 118 heavy (non-hydrogen) atoms. The smallest absolute Gasteiger partial charge is 0.330 e. The summed E-state index contributed by atoms with van der Waals surface area (Å²) < 4.78 is 66.0. The van der Waals surface area contributed by atoms with Gasteiger partial charge in [0.15, 0.2) is 0 Å². The van der Waals surface area contributed by atoms with Gasteiger partial charge in [-0.2, -0.15) is 0 Å². The molecule has 6 atom stereocenters. The van der Waals surface area contributed by atoms with E-state index in [-0.39, 0.29) is 159 Å². The van der Waals surface area contributed by atoms with E-state index in [1.807, 2.05) is 52.8 Å². The Labute approximate surface area is 691 Å². The number of carboxylic acids is 1. The summed E-state index contributed by atoms with van der Waals surface area (Å²) in [6, 6.07) is 2.71. The van der Waals surface area contributed by atoms with E-state index in [1.54, 1.807) is 13.1 Å². The van der Waals surface area contributed by atoms with Gasteiger partial charge in [-0.25, -0.2) is 9.78 Å². The van der Waals surface area contributed by atoms with Crippen LogP contribution in [0.5, 0.6) is 0 Å². The first-order valence-electron chi connectivity index (χ1n) is 40.4. The summed E-state index contributed by atoms with van der Waals surface area (Å²) in [7, 11) is 1.63. The average Bonchev–Trinajstić information content (AvgIpc) is 1.57. The molecule has 5 aliphatic rings. The SMILES string of the molecule is CCC1=C(C)c2cc3[nH]c(cc4nc(c5c6[nH]c(cc1n2)c(C)c6C(=O)N(CCN1CCOCC1)C5=O)[C@@H](CCC(=O)N(C)CCNC(=O)[C@H](C)NC(=O)[C@H](C)NC(=O)CCOCCOCCOCCOCCOCCOCCOCCOCCN1C(=O)CC(SC[C@@H](N)C(=O)O)C1=O)[C@@H]4C)c(C)c3/C=C/C(=O)OCCOCCOCCO. The third-order valence-corrected chi connectivity index (χ3v) is 21.8. The minimum atomic E-state index is -1.16. The molecule has 8 amide bonds. The van der Waals surface area contributed by atoms with Crippen LogP contribution in [0.2, 0.25) is 0 Å². The van der Waals surface area contributed by atoms with Crippen LogP contribution >= 0.6 is 11.8 Å². The number of allylic oxidation sites excluding steroid dienone is 2. The molecule has 0 radical (unpaired) electrons. The van der Waals surface area contributed by atoms with Gasteiger partial charge in [0.05, 0.1) is 197 Å². The minimum absolute atomic E-state index is 0.00488. The Bertz CT molecular complexity index is 4130. The van der Waals surface area contributed by atoms with Gasteiger partial charge in [0.2, 0.25) is 35.4 Å². The first kappa shape index (κ1) is 95.0. The normalized spacial score (nSPS) is 17.1. The van der Waals surface area contributed by atoms with Crippen molar-refractivity contribution in [3.63, 3.8) is 0 Å². The van der Waals surface area contributed by atoms with Gasteiger partial charge >= 0.3 is 11.9 Å². The predicted molar refractivity (Wildman–Crippen MR) is 435 cm³/mol. The lowest BCUT2D eigenvalue weighted by Gasteiger charge is -2.31. The number of imide groups is 2. The van der Waals surface area contributed by atoms with Gasteiger partial charge in [-0.15, -0.1) is 11.8 Å². The second kappa shape index (κ2) is 49.9. The number of amides is 8. The summed E-state index contributed by atoms with van der Waals surface area (Å²) in [5.41, 5.74) is 14.8. The number of aliphatic hydroxyl groups is 1. The monoisotopic (exact) mass is 1670 g/mol. The number of carboxylic acid groups (broad SMARTS) is 1. The van der Waals surface area contributed by atoms with Crippen molar-refractivity contribution in [2.45, 2.75) is 116 Å². The van der Waals surface area contributed by atoms with Crippen LogP contribution in [0.4, 0.5) is 0 Å². The molecular weight excluding hydrogens is 1560 g/mol. The van der Waals surface area contributed by atoms with Crippen molar-refractivity contribution in [2.24, 2.45) is 5.73 Å². The Morgan fingerprint density at radius 3 is 1.83 bits per heavy atom. The standard InChI is InChI=1S/C81H118N12O24S/c1-9-57-51(2)62-47-66-58(11-13-71(98)117-45-44-116-33-30-109-27-22-94)52(3)61(87-66)46-63-53(4)59(74(88-63)73-75-72(54(5)64(89-75)48-65(57)86-62)79(102)93(80(73)103)18-17-91-19-24-107-25-20-91)10-12-69(96)90(8)16-15-83-76(99)55(6)85-77(100)56(7)84-68(95)14-23-106-28-31-110-34-36-112-38-40-114-42-43-115-41-39-113-37-35-111-32-29-108-26-21-92-70(97)49-67(78(92)101)118-50-60(82)81(104)105/h11,13,46-48,53,55-56,59-60,67,87,89,94H,9-10,12,14-45,49-50,82H2,1-8H3,(H,83,99)(H,84,95)(H,85,100)(H,104,105)/b13-11+,61-46?,62-47?,63-46?,64-48?,65-48?,66-47?,74-73?/t53-,55-,56-,59-,60+,67?/m0/s1. The average molecular weight is 1680 g/mol. The predicted octanol–water partition coefficient (Wildman–Crippen LogP) is 2.83. The highest BCUT2D eigenvalue weighted by atomic mass is 32.2. The quantitative estimate of drug-likeness (QED) is 0.0174. The first-order chi connectivity index (χ1) is 56.9. The third-order valence-electron chi connectivity index (χ3n) is 20.5. The lowest BCUT2D eigenvalue weighted by atomic mass is 9.84. The number of thioether (sulfide) groups is 1. The van der Waals surface area contributed by atoms with Crippen molar-refractivity contribution in [2.75, 3.05) is 217 Å². The summed E-state index contributed by atoms with van der Waals surface area (Å²) >= 11 is 1.07. The summed E-state index contributed by atoms with van der Waals surface area (Å²) in [6.07, 6.45) is 3.92. The van der Waals surface area contributed by atoms with Crippen LogP contribution < -0.4 is 21.7 Å². The molecule has 1 unspecified atom stereocenters. The van der Waals surface area contributed by atoms with E-state index in [9.17, 15) is 43.2 Å². The number of carbonyl (C=O) groups excluding carboxylic acids is 9. The number of likely N-dealkylation sites (tertiary alicyclic amines) is 1. The van der Waals surface area contributed by atoms with Gasteiger partial charge in [0.25, 0.3) is 11.8 Å². The summed E-state index contributed by atoms with van der Waals surface area (Å²) in [5, 5.41) is 25.3. The molecular formula is C81H118N12O24S. The molecule has 8 rings (SSSR count).